The van der Waals surface area contributed by atoms with Gasteiger partial charge in [0, 0.05) is 23.0 Å². The number of nitrogens with one attached hydrogen (secondary N) is 3. The molecule has 3 amide bonds. The first kappa shape index (κ1) is 22.9. The Morgan fingerprint density at radius 2 is 1.40 bits per heavy atom. The summed E-state index contributed by atoms with van der Waals surface area (Å²) in [6.45, 7) is 3.97. The topological polar surface area (TPSA) is 99.8 Å². The van der Waals surface area contributed by atoms with Gasteiger partial charge in [0.05, 0.1) is 20.2 Å². The summed E-state index contributed by atoms with van der Waals surface area (Å²) in [4.78, 5) is 37.9. The zero-order valence-electron chi connectivity index (χ0n) is 17.7. The number of nitrogens with zero attached hydrogens (tertiary/aromatic N) is 1. The van der Waals surface area contributed by atoms with E-state index in [-0.39, 0.29) is 36.9 Å². The predicted molar refractivity (Wildman–Crippen MR) is 117 cm³/mol. The van der Waals surface area contributed by atoms with Gasteiger partial charge in [0.1, 0.15) is 5.75 Å². The van der Waals surface area contributed by atoms with Crippen LogP contribution in [-0.2, 0) is 9.59 Å². The summed E-state index contributed by atoms with van der Waals surface area (Å²) in [6.07, 6.45) is 0. The van der Waals surface area contributed by atoms with Crippen molar-refractivity contribution in [2.45, 2.75) is 19.9 Å². The van der Waals surface area contributed by atoms with E-state index in [1.54, 1.807) is 67.6 Å². The Kier molecular flexibility index (Phi) is 8.37. The number of amides is 3. The van der Waals surface area contributed by atoms with E-state index in [4.69, 9.17) is 4.74 Å². The molecule has 0 heterocycles. The van der Waals surface area contributed by atoms with Crippen LogP contribution in [0, 0.1) is 0 Å². The maximum Gasteiger partial charge on any atom is 0.255 e. The monoisotopic (exact) mass is 412 g/mol. The Balaban J connectivity index is 1.84. The summed E-state index contributed by atoms with van der Waals surface area (Å²) >= 11 is 0. The number of carbonyl (C=O) groups is 3. The number of likely N-dealkylation sites (N-methyl/N-ethyl adjacent to an activating group) is 1. The molecule has 0 unspecified atom stereocenters. The van der Waals surface area contributed by atoms with Gasteiger partial charge in [0.25, 0.3) is 5.91 Å². The fourth-order valence-electron chi connectivity index (χ4n) is 2.70. The van der Waals surface area contributed by atoms with E-state index in [0.29, 0.717) is 22.7 Å². The summed E-state index contributed by atoms with van der Waals surface area (Å²) in [7, 11) is 3.28. The summed E-state index contributed by atoms with van der Waals surface area (Å²) in [6, 6.07) is 13.7. The highest BCUT2D eigenvalue weighted by Crippen LogP contribution is 2.16. The van der Waals surface area contributed by atoms with Crippen LogP contribution in [0.2, 0.25) is 0 Å². The Morgan fingerprint density at radius 3 is 1.97 bits per heavy atom. The van der Waals surface area contributed by atoms with Crippen molar-refractivity contribution in [3.05, 3.63) is 54.1 Å². The molecule has 0 aromatic heterocycles. The summed E-state index contributed by atoms with van der Waals surface area (Å²) in [5.74, 6) is 0.0750. The number of ether oxygens (including phenoxy) is 1. The van der Waals surface area contributed by atoms with Gasteiger partial charge in [0.2, 0.25) is 11.8 Å². The van der Waals surface area contributed by atoms with Crippen molar-refractivity contribution in [2.75, 3.05) is 37.9 Å². The molecule has 0 aliphatic carbocycles. The zero-order valence-corrected chi connectivity index (χ0v) is 17.7. The number of anilines is 2. The van der Waals surface area contributed by atoms with Crippen molar-refractivity contribution in [1.82, 2.24) is 10.2 Å². The van der Waals surface area contributed by atoms with E-state index < -0.39 is 0 Å². The molecule has 0 aliphatic heterocycles. The van der Waals surface area contributed by atoms with Gasteiger partial charge in [-0.3, -0.25) is 19.3 Å². The molecule has 2 aromatic carbocycles. The van der Waals surface area contributed by atoms with Crippen LogP contribution in [0.15, 0.2) is 48.5 Å². The largest absolute Gasteiger partial charge is 0.497 e. The second kappa shape index (κ2) is 11.0. The highest BCUT2D eigenvalue weighted by Gasteiger charge is 2.12. The minimum absolute atomic E-state index is 0.0557. The van der Waals surface area contributed by atoms with Gasteiger partial charge >= 0.3 is 0 Å². The van der Waals surface area contributed by atoms with Gasteiger partial charge in [0.15, 0.2) is 0 Å². The van der Waals surface area contributed by atoms with Crippen LogP contribution < -0.4 is 20.7 Å². The molecule has 160 valence electrons. The Bertz CT molecular complexity index is 864. The molecule has 0 bridgehead atoms. The second-order valence-corrected chi connectivity index (χ2v) is 7.20. The van der Waals surface area contributed by atoms with Crippen LogP contribution in [-0.4, -0.2) is 55.9 Å². The lowest BCUT2D eigenvalue weighted by Crippen LogP contribution is -2.41. The van der Waals surface area contributed by atoms with Gasteiger partial charge in [-0.2, -0.15) is 0 Å². The summed E-state index contributed by atoms with van der Waals surface area (Å²) < 4.78 is 5.09. The molecular formula is C22H28N4O4. The number of hydrogen-bond donors (Lipinski definition) is 3. The molecule has 0 saturated carbocycles. The standard InChI is InChI=1S/C22H28N4O4/c1-15(2)23-20(27)13-26(3)14-21(28)24-17-7-5-16(6-8-17)22(29)25-18-9-11-19(30-4)12-10-18/h5-12,15H,13-14H2,1-4H3,(H,23,27)(H,24,28)(H,25,29). The zero-order chi connectivity index (χ0) is 22.1. The van der Waals surface area contributed by atoms with E-state index >= 15 is 0 Å². The summed E-state index contributed by atoms with van der Waals surface area (Å²) in [5, 5.41) is 8.34. The fraction of sp³-hybridized carbons (Fsp3) is 0.318. The van der Waals surface area contributed by atoms with Gasteiger partial charge < -0.3 is 20.7 Å². The fourth-order valence-corrected chi connectivity index (χ4v) is 2.70. The van der Waals surface area contributed by atoms with Crippen molar-refractivity contribution in [2.24, 2.45) is 0 Å². The average Bonchev–Trinajstić information content (AvgIpc) is 2.68. The number of hydrogen-bond acceptors (Lipinski definition) is 5. The Morgan fingerprint density at radius 1 is 0.867 bits per heavy atom. The van der Waals surface area contributed by atoms with Gasteiger partial charge in [-0.05, 0) is 69.4 Å². The minimum Gasteiger partial charge on any atom is -0.497 e. The second-order valence-electron chi connectivity index (χ2n) is 7.20. The lowest BCUT2D eigenvalue weighted by atomic mass is 10.2. The molecule has 0 atom stereocenters. The lowest BCUT2D eigenvalue weighted by molar-refractivity contribution is -0.123. The van der Waals surface area contributed by atoms with Crippen molar-refractivity contribution in [3.63, 3.8) is 0 Å². The molecule has 0 radical (unpaired) electrons. The first-order valence-electron chi connectivity index (χ1n) is 9.60. The van der Waals surface area contributed by atoms with E-state index in [2.05, 4.69) is 16.0 Å². The van der Waals surface area contributed by atoms with Crippen LogP contribution in [0.1, 0.15) is 24.2 Å². The third-order valence-corrected chi connectivity index (χ3v) is 4.06. The third-order valence-electron chi connectivity index (χ3n) is 4.06. The van der Waals surface area contributed by atoms with Gasteiger partial charge in [-0.1, -0.05) is 0 Å². The lowest BCUT2D eigenvalue weighted by Gasteiger charge is -2.17. The molecule has 3 N–H and O–H groups in total. The third kappa shape index (κ3) is 7.56. The van der Waals surface area contributed by atoms with E-state index in [0.717, 1.165) is 0 Å². The molecule has 0 spiro atoms. The highest BCUT2D eigenvalue weighted by molar-refractivity contribution is 6.04. The molecule has 0 saturated heterocycles. The van der Waals surface area contributed by atoms with Gasteiger partial charge in [-0.25, -0.2) is 0 Å². The SMILES string of the molecule is COc1ccc(NC(=O)c2ccc(NC(=O)CN(C)CC(=O)NC(C)C)cc2)cc1. The molecule has 30 heavy (non-hydrogen) atoms. The van der Waals surface area contributed by atoms with Crippen LogP contribution in [0.3, 0.4) is 0 Å². The Hall–Kier alpha value is -3.39. The van der Waals surface area contributed by atoms with Crippen molar-refractivity contribution in [1.29, 1.82) is 0 Å². The van der Waals surface area contributed by atoms with Crippen molar-refractivity contribution in [3.8, 4) is 5.75 Å². The number of rotatable bonds is 9. The quantitative estimate of drug-likeness (QED) is 0.587. The van der Waals surface area contributed by atoms with Crippen LogP contribution >= 0.6 is 0 Å². The molecule has 8 nitrogen and oxygen atoms in total. The van der Waals surface area contributed by atoms with Crippen LogP contribution in [0.25, 0.3) is 0 Å². The van der Waals surface area contributed by atoms with Crippen molar-refractivity contribution >= 4 is 29.1 Å². The minimum atomic E-state index is -0.256. The van der Waals surface area contributed by atoms with Crippen LogP contribution in [0.4, 0.5) is 11.4 Å². The summed E-state index contributed by atoms with van der Waals surface area (Å²) in [5.41, 5.74) is 1.69. The van der Waals surface area contributed by atoms with E-state index in [1.165, 1.54) is 0 Å². The van der Waals surface area contributed by atoms with Gasteiger partial charge in [-0.15, -0.1) is 0 Å². The maximum atomic E-state index is 12.4. The van der Waals surface area contributed by atoms with Crippen LogP contribution in [0.5, 0.6) is 5.75 Å². The average molecular weight is 412 g/mol. The molecule has 0 aliphatic rings. The Labute approximate surface area is 176 Å². The first-order valence-corrected chi connectivity index (χ1v) is 9.60. The predicted octanol–water partition coefficient (Wildman–Crippen LogP) is 2.34. The molecule has 8 heteroatoms. The first-order chi connectivity index (χ1) is 14.3. The normalized spacial score (nSPS) is 10.6. The van der Waals surface area contributed by atoms with E-state index in [9.17, 15) is 14.4 Å². The number of methoxy groups -OCH3 is 1. The van der Waals surface area contributed by atoms with Crippen molar-refractivity contribution < 1.29 is 19.1 Å². The highest BCUT2D eigenvalue weighted by atomic mass is 16.5. The maximum absolute atomic E-state index is 12.4. The number of benzene rings is 2. The smallest absolute Gasteiger partial charge is 0.255 e. The molecular weight excluding hydrogens is 384 g/mol. The molecule has 0 fully saturated rings. The van der Waals surface area contributed by atoms with E-state index in [1.807, 2.05) is 13.8 Å². The molecule has 2 aromatic rings. The molecule has 2 rings (SSSR count). The number of carbonyl (C=O) groups excluding carboxylic acids is 3.